The van der Waals surface area contributed by atoms with Crippen molar-refractivity contribution >= 4 is 12.1 Å². The molecule has 0 saturated carbocycles. The molecule has 0 aliphatic heterocycles. The molecule has 1 aliphatic rings. The predicted octanol–water partition coefficient (Wildman–Crippen LogP) is 4.80. The van der Waals surface area contributed by atoms with Crippen LogP contribution >= 0.6 is 0 Å². The molecule has 5 nitrogen and oxygen atoms in total. The monoisotopic (exact) mass is 381 g/mol. The summed E-state index contributed by atoms with van der Waals surface area (Å²) in [6.07, 6.45) is 0.661. The zero-order valence-corrected chi connectivity index (χ0v) is 16.4. The van der Waals surface area contributed by atoms with E-state index in [2.05, 4.69) is 29.6 Å². The van der Waals surface area contributed by atoms with Crippen molar-refractivity contribution in [1.29, 1.82) is 0 Å². The fourth-order valence-electron chi connectivity index (χ4n) is 3.92. The van der Waals surface area contributed by atoms with Gasteiger partial charge in [-0.2, -0.15) is 0 Å². The molecule has 5 heteroatoms. The minimum atomic E-state index is -0.858. The molecule has 1 atom stereocenters. The highest BCUT2D eigenvalue weighted by molar-refractivity contribution is 5.79. The normalized spacial score (nSPS) is 13.7. The van der Waals surface area contributed by atoms with Crippen LogP contribution in [0.2, 0.25) is 0 Å². The van der Waals surface area contributed by atoms with Crippen molar-refractivity contribution in [2.75, 3.05) is 6.61 Å². The number of hydrogen-bond acceptors (Lipinski definition) is 3. The average molecular weight is 381 g/mol. The Balaban J connectivity index is 1.64. The maximum absolute atomic E-state index is 12.4. The predicted molar refractivity (Wildman–Crippen MR) is 108 cm³/mol. The Morgan fingerprint density at radius 1 is 1.04 bits per heavy atom. The molecule has 28 heavy (non-hydrogen) atoms. The van der Waals surface area contributed by atoms with E-state index in [1.165, 1.54) is 22.3 Å². The third-order valence-electron chi connectivity index (χ3n) is 5.13. The van der Waals surface area contributed by atoms with E-state index in [9.17, 15) is 9.59 Å². The van der Waals surface area contributed by atoms with Crippen molar-refractivity contribution in [3.63, 3.8) is 0 Å². The van der Waals surface area contributed by atoms with Crippen LogP contribution in [0.5, 0.6) is 0 Å². The number of hydrogen-bond donors (Lipinski definition) is 2. The van der Waals surface area contributed by atoms with E-state index in [4.69, 9.17) is 9.84 Å². The molecule has 3 rings (SSSR count). The second kappa shape index (κ2) is 8.91. The number of amides is 1. The van der Waals surface area contributed by atoms with Gasteiger partial charge in [-0.3, -0.25) is 4.79 Å². The molecule has 1 amide bonds. The topological polar surface area (TPSA) is 75.6 Å². The van der Waals surface area contributed by atoms with Gasteiger partial charge in [0.25, 0.3) is 0 Å². The third kappa shape index (κ3) is 4.71. The zero-order valence-electron chi connectivity index (χ0n) is 16.4. The van der Waals surface area contributed by atoms with Gasteiger partial charge in [0.1, 0.15) is 6.61 Å². The summed E-state index contributed by atoms with van der Waals surface area (Å²) in [7, 11) is 0. The summed E-state index contributed by atoms with van der Waals surface area (Å²) >= 11 is 0. The lowest BCUT2D eigenvalue weighted by atomic mass is 9.98. The third-order valence-corrected chi connectivity index (χ3v) is 5.13. The molecule has 0 radical (unpaired) electrons. The van der Waals surface area contributed by atoms with Crippen LogP contribution in [-0.4, -0.2) is 29.8 Å². The first kappa shape index (κ1) is 19.9. The summed E-state index contributed by atoms with van der Waals surface area (Å²) in [6, 6.07) is 16.2. The van der Waals surface area contributed by atoms with Crippen molar-refractivity contribution < 1.29 is 19.4 Å². The number of carbonyl (C=O) groups excluding carboxylic acids is 1. The van der Waals surface area contributed by atoms with Crippen molar-refractivity contribution in [2.24, 2.45) is 5.92 Å². The molecule has 2 N–H and O–H groups in total. The fraction of sp³-hybridized carbons (Fsp3) is 0.391. The molecule has 0 heterocycles. The number of rotatable bonds is 8. The van der Waals surface area contributed by atoms with Gasteiger partial charge in [0.2, 0.25) is 0 Å². The number of carboxylic acids is 1. The van der Waals surface area contributed by atoms with Crippen LogP contribution in [-0.2, 0) is 9.53 Å². The molecule has 1 aliphatic carbocycles. The van der Waals surface area contributed by atoms with Gasteiger partial charge in [0.05, 0.1) is 0 Å². The van der Waals surface area contributed by atoms with Gasteiger partial charge in [-0.1, -0.05) is 62.4 Å². The van der Waals surface area contributed by atoms with E-state index in [1.54, 1.807) is 0 Å². The van der Waals surface area contributed by atoms with Gasteiger partial charge >= 0.3 is 12.1 Å². The quantitative estimate of drug-likeness (QED) is 0.688. The van der Waals surface area contributed by atoms with Crippen LogP contribution in [0.25, 0.3) is 11.1 Å². The number of carbonyl (C=O) groups is 2. The molecule has 2 aromatic carbocycles. The first-order chi connectivity index (χ1) is 13.5. The smallest absolute Gasteiger partial charge is 0.407 e. The second-order valence-corrected chi connectivity index (χ2v) is 7.73. The highest BCUT2D eigenvalue weighted by Gasteiger charge is 2.29. The molecular weight excluding hydrogens is 354 g/mol. The molecule has 0 bridgehead atoms. The maximum Gasteiger partial charge on any atom is 0.407 e. The molecule has 0 unspecified atom stereocenters. The zero-order chi connectivity index (χ0) is 20.1. The van der Waals surface area contributed by atoms with Crippen LogP contribution in [0.4, 0.5) is 4.79 Å². The highest BCUT2D eigenvalue weighted by atomic mass is 16.5. The Hall–Kier alpha value is -2.82. The minimum absolute atomic E-state index is 0.0146. The first-order valence-corrected chi connectivity index (χ1v) is 9.79. The first-order valence-electron chi connectivity index (χ1n) is 9.79. The maximum atomic E-state index is 12.4. The van der Waals surface area contributed by atoms with E-state index in [-0.39, 0.29) is 25.0 Å². The number of fused-ring (bicyclic) bond motifs is 3. The molecule has 0 spiro atoms. The summed E-state index contributed by atoms with van der Waals surface area (Å²) in [5.74, 6) is -0.489. The molecule has 148 valence electrons. The summed E-state index contributed by atoms with van der Waals surface area (Å²) in [5, 5.41) is 11.8. The average Bonchev–Trinajstić information content (AvgIpc) is 2.98. The summed E-state index contributed by atoms with van der Waals surface area (Å²) in [5.41, 5.74) is 4.71. The number of nitrogens with one attached hydrogen (secondary N) is 1. The van der Waals surface area contributed by atoms with E-state index in [0.717, 1.165) is 6.42 Å². The van der Waals surface area contributed by atoms with Gasteiger partial charge in [0.15, 0.2) is 0 Å². The fourth-order valence-corrected chi connectivity index (χ4v) is 3.92. The van der Waals surface area contributed by atoms with Gasteiger partial charge in [-0.15, -0.1) is 0 Å². The van der Waals surface area contributed by atoms with Crippen molar-refractivity contribution in [1.82, 2.24) is 5.32 Å². The number of ether oxygens (including phenoxy) is 1. The van der Waals surface area contributed by atoms with Crippen molar-refractivity contribution in [3.8, 4) is 11.1 Å². The summed E-state index contributed by atoms with van der Waals surface area (Å²) < 4.78 is 5.56. The Morgan fingerprint density at radius 3 is 2.14 bits per heavy atom. The van der Waals surface area contributed by atoms with Crippen LogP contribution in [0.1, 0.15) is 50.2 Å². The molecule has 0 aromatic heterocycles. The van der Waals surface area contributed by atoms with Gasteiger partial charge in [0, 0.05) is 18.4 Å². The molecule has 0 saturated heterocycles. The SMILES string of the molecule is CC(C)C[C@H](CCC(=O)O)NC(=O)OCC1c2ccccc2-c2ccccc21. The lowest BCUT2D eigenvalue weighted by molar-refractivity contribution is -0.137. The van der Waals surface area contributed by atoms with Crippen LogP contribution in [0.15, 0.2) is 48.5 Å². The number of carboxylic acid groups (broad SMARTS) is 1. The Labute approximate surface area is 165 Å². The van der Waals surface area contributed by atoms with E-state index in [0.29, 0.717) is 12.3 Å². The molecular formula is C23H27NO4. The van der Waals surface area contributed by atoms with Crippen LogP contribution in [0.3, 0.4) is 0 Å². The standard InChI is InChI=1S/C23H27NO4/c1-15(2)13-16(11-12-22(25)26)24-23(27)28-14-21-19-9-5-3-7-17(19)18-8-4-6-10-20(18)21/h3-10,15-16,21H,11-14H2,1-2H3,(H,24,27)(H,25,26)/t16-/m0/s1. The van der Waals surface area contributed by atoms with E-state index >= 15 is 0 Å². The largest absolute Gasteiger partial charge is 0.481 e. The van der Waals surface area contributed by atoms with Gasteiger partial charge in [-0.05, 0) is 41.0 Å². The van der Waals surface area contributed by atoms with Crippen LogP contribution in [0, 0.1) is 5.92 Å². The van der Waals surface area contributed by atoms with Crippen molar-refractivity contribution in [3.05, 3.63) is 59.7 Å². The number of aliphatic carboxylic acids is 1. The van der Waals surface area contributed by atoms with Gasteiger partial charge < -0.3 is 15.2 Å². The Morgan fingerprint density at radius 2 is 1.61 bits per heavy atom. The summed E-state index contributed by atoms with van der Waals surface area (Å²) in [6.45, 7) is 4.35. The van der Waals surface area contributed by atoms with Gasteiger partial charge in [-0.25, -0.2) is 4.79 Å². The summed E-state index contributed by atoms with van der Waals surface area (Å²) in [4.78, 5) is 23.2. The van der Waals surface area contributed by atoms with Crippen LogP contribution < -0.4 is 5.32 Å². The second-order valence-electron chi connectivity index (χ2n) is 7.73. The Bertz CT molecular complexity index is 801. The molecule has 2 aromatic rings. The Kier molecular flexibility index (Phi) is 6.34. The van der Waals surface area contributed by atoms with E-state index in [1.807, 2.05) is 38.1 Å². The number of alkyl carbamates (subject to hydrolysis) is 1. The van der Waals surface area contributed by atoms with Crippen molar-refractivity contribution in [2.45, 2.75) is 45.1 Å². The minimum Gasteiger partial charge on any atom is -0.481 e. The lowest BCUT2D eigenvalue weighted by Crippen LogP contribution is -2.37. The molecule has 0 fully saturated rings. The lowest BCUT2D eigenvalue weighted by Gasteiger charge is -2.21. The highest BCUT2D eigenvalue weighted by Crippen LogP contribution is 2.44. The number of benzene rings is 2. The van der Waals surface area contributed by atoms with E-state index < -0.39 is 12.1 Å².